The van der Waals surface area contributed by atoms with Gasteiger partial charge in [-0.25, -0.2) is 0 Å². The molecule has 0 spiro atoms. The van der Waals surface area contributed by atoms with Crippen molar-refractivity contribution in [3.63, 3.8) is 0 Å². The van der Waals surface area contributed by atoms with E-state index in [9.17, 15) is 31.2 Å². The van der Waals surface area contributed by atoms with Gasteiger partial charge in [-0.3, -0.25) is 9.59 Å². The minimum Gasteiger partial charge on any atom is -0.348 e. The zero-order valence-electron chi connectivity index (χ0n) is 20.4. The summed E-state index contributed by atoms with van der Waals surface area (Å²) in [5, 5.41) is 11.7. The summed E-state index contributed by atoms with van der Waals surface area (Å²) < 4.78 is 66.9. The maximum absolute atomic E-state index is 13.4. The standard InChI is InChI=1S/C24H30F3N5O4S/c1-16(18-6-8-20(9-7-18)24(25,26)27)29-22(33)21-5-3-11-32(21)23(34)19-4-2-10-30(15-19)37(35,36)31-13-17(12-28)14-31/h6-9,16-17,19,21H,2-5,10-11,13-15H2,1H3,(H,29,33)/t16-,19-,21+/m0/s1. The van der Waals surface area contributed by atoms with Gasteiger partial charge in [0.05, 0.1) is 29.5 Å². The highest BCUT2D eigenvalue weighted by Crippen LogP contribution is 2.31. The van der Waals surface area contributed by atoms with Crippen LogP contribution < -0.4 is 5.32 Å². The van der Waals surface area contributed by atoms with Crippen LogP contribution in [0.3, 0.4) is 0 Å². The molecule has 1 aromatic rings. The lowest BCUT2D eigenvalue weighted by Crippen LogP contribution is -2.57. The highest BCUT2D eigenvalue weighted by atomic mass is 32.2. The van der Waals surface area contributed by atoms with Crippen LogP contribution in [0.25, 0.3) is 0 Å². The summed E-state index contributed by atoms with van der Waals surface area (Å²) in [5.74, 6) is -1.54. The first kappa shape index (κ1) is 27.3. The van der Waals surface area contributed by atoms with E-state index in [0.717, 1.165) is 12.1 Å². The zero-order chi connectivity index (χ0) is 27.0. The Balaban J connectivity index is 1.37. The molecule has 1 aromatic carbocycles. The normalized spacial score (nSPS) is 24.8. The van der Waals surface area contributed by atoms with Crippen LogP contribution in [-0.4, -0.2) is 72.5 Å². The number of piperidine rings is 1. The number of amides is 2. The topological polar surface area (TPSA) is 114 Å². The number of nitriles is 1. The SMILES string of the molecule is C[C@H](NC(=O)[C@H]1CCCN1C(=O)[C@H]1CCCN(S(=O)(=O)N2CC(C#N)C2)C1)c1ccc(C(F)(F)F)cc1. The average Bonchev–Trinajstić information content (AvgIpc) is 3.32. The van der Waals surface area contributed by atoms with E-state index in [1.165, 1.54) is 25.6 Å². The summed E-state index contributed by atoms with van der Waals surface area (Å²) in [4.78, 5) is 27.9. The molecule has 202 valence electrons. The van der Waals surface area contributed by atoms with Crippen molar-refractivity contribution in [2.24, 2.45) is 11.8 Å². The molecule has 2 amide bonds. The number of halogens is 3. The number of benzene rings is 1. The first-order chi connectivity index (χ1) is 17.4. The van der Waals surface area contributed by atoms with Crippen molar-refractivity contribution in [3.8, 4) is 6.07 Å². The van der Waals surface area contributed by atoms with Crippen molar-refractivity contribution in [1.29, 1.82) is 5.26 Å². The van der Waals surface area contributed by atoms with E-state index in [2.05, 4.69) is 5.32 Å². The van der Waals surface area contributed by atoms with Crippen LogP contribution in [0.15, 0.2) is 24.3 Å². The van der Waals surface area contributed by atoms with Gasteiger partial charge in [-0.15, -0.1) is 0 Å². The fourth-order valence-electron chi connectivity index (χ4n) is 5.12. The van der Waals surface area contributed by atoms with Gasteiger partial charge in [0.1, 0.15) is 6.04 Å². The quantitative estimate of drug-likeness (QED) is 0.594. The van der Waals surface area contributed by atoms with Crippen LogP contribution in [0.4, 0.5) is 13.2 Å². The molecule has 0 radical (unpaired) electrons. The molecule has 0 aliphatic carbocycles. The fraction of sp³-hybridized carbons (Fsp3) is 0.625. The van der Waals surface area contributed by atoms with Crippen molar-refractivity contribution in [2.75, 3.05) is 32.7 Å². The Labute approximate surface area is 214 Å². The zero-order valence-corrected chi connectivity index (χ0v) is 21.3. The highest BCUT2D eigenvalue weighted by molar-refractivity contribution is 7.86. The van der Waals surface area contributed by atoms with Gasteiger partial charge in [-0.2, -0.15) is 35.5 Å². The second-order valence-electron chi connectivity index (χ2n) is 9.89. The number of carbonyl (C=O) groups excluding carboxylic acids is 2. The molecule has 3 fully saturated rings. The Morgan fingerprint density at radius 3 is 2.32 bits per heavy atom. The second kappa shape index (κ2) is 10.6. The molecular formula is C24H30F3N5O4S. The van der Waals surface area contributed by atoms with E-state index in [0.29, 0.717) is 44.3 Å². The van der Waals surface area contributed by atoms with E-state index >= 15 is 0 Å². The first-order valence-corrected chi connectivity index (χ1v) is 13.7. The Kier molecular flexibility index (Phi) is 7.83. The number of rotatable bonds is 6. The molecule has 3 aliphatic rings. The summed E-state index contributed by atoms with van der Waals surface area (Å²) in [6.07, 6.45) is -2.34. The van der Waals surface area contributed by atoms with Gasteiger partial charge < -0.3 is 10.2 Å². The number of nitrogens with zero attached hydrogens (tertiary/aromatic N) is 4. The van der Waals surface area contributed by atoms with Crippen LogP contribution in [0, 0.1) is 23.2 Å². The average molecular weight is 542 g/mol. The number of carbonyl (C=O) groups is 2. The van der Waals surface area contributed by atoms with Gasteiger partial charge in [-0.1, -0.05) is 12.1 Å². The molecule has 37 heavy (non-hydrogen) atoms. The van der Waals surface area contributed by atoms with Gasteiger partial charge in [0.15, 0.2) is 0 Å². The summed E-state index contributed by atoms with van der Waals surface area (Å²) >= 11 is 0. The first-order valence-electron chi connectivity index (χ1n) is 12.3. The van der Waals surface area contributed by atoms with E-state index in [1.54, 1.807) is 6.92 Å². The minimum atomic E-state index is -4.45. The van der Waals surface area contributed by atoms with Crippen LogP contribution >= 0.6 is 0 Å². The molecule has 3 saturated heterocycles. The van der Waals surface area contributed by atoms with E-state index in [1.807, 2.05) is 6.07 Å². The number of hydrogen-bond acceptors (Lipinski definition) is 5. The monoisotopic (exact) mass is 541 g/mol. The summed E-state index contributed by atoms with van der Waals surface area (Å²) in [7, 11) is -3.75. The van der Waals surface area contributed by atoms with Crippen molar-refractivity contribution in [1.82, 2.24) is 18.8 Å². The third-order valence-corrected chi connectivity index (χ3v) is 9.29. The van der Waals surface area contributed by atoms with Crippen molar-refractivity contribution in [3.05, 3.63) is 35.4 Å². The van der Waals surface area contributed by atoms with Crippen LogP contribution in [-0.2, 0) is 26.0 Å². The van der Waals surface area contributed by atoms with Crippen LogP contribution in [0.1, 0.15) is 49.8 Å². The Morgan fingerprint density at radius 1 is 1.05 bits per heavy atom. The molecule has 3 aliphatic heterocycles. The Morgan fingerprint density at radius 2 is 1.70 bits per heavy atom. The van der Waals surface area contributed by atoms with Crippen LogP contribution in [0.5, 0.6) is 0 Å². The number of alkyl halides is 3. The molecule has 0 bridgehead atoms. The van der Waals surface area contributed by atoms with Crippen molar-refractivity contribution >= 4 is 22.0 Å². The van der Waals surface area contributed by atoms with Gasteiger partial charge in [-0.05, 0) is 50.3 Å². The van der Waals surface area contributed by atoms with Crippen molar-refractivity contribution in [2.45, 2.75) is 50.9 Å². The number of nitrogens with one attached hydrogen (secondary N) is 1. The Hall–Kier alpha value is -2.69. The minimum absolute atomic E-state index is 0.0294. The predicted octanol–water partition coefficient (Wildman–Crippen LogP) is 2.29. The lowest BCUT2D eigenvalue weighted by atomic mass is 9.97. The molecule has 13 heteroatoms. The largest absolute Gasteiger partial charge is 0.416 e. The third kappa shape index (κ3) is 5.76. The van der Waals surface area contributed by atoms with Gasteiger partial charge in [0, 0.05) is 32.7 Å². The lowest BCUT2D eigenvalue weighted by Gasteiger charge is -2.41. The second-order valence-corrected chi connectivity index (χ2v) is 11.8. The third-order valence-electron chi connectivity index (χ3n) is 7.35. The van der Waals surface area contributed by atoms with Gasteiger partial charge in [0.2, 0.25) is 11.8 Å². The van der Waals surface area contributed by atoms with E-state index in [-0.39, 0.29) is 37.4 Å². The summed E-state index contributed by atoms with van der Waals surface area (Å²) in [6.45, 7) is 2.68. The smallest absolute Gasteiger partial charge is 0.348 e. The fourth-order valence-corrected chi connectivity index (χ4v) is 6.91. The van der Waals surface area contributed by atoms with Gasteiger partial charge in [0.25, 0.3) is 10.2 Å². The molecule has 0 unspecified atom stereocenters. The van der Waals surface area contributed by atoms with E-state index < -0.39 is 40.0 Å². The Bertz CT molecular complexity index is 1160. The summed E-state index contributed by atoms with van der Waals surface area (Å²) in [5.41, 5.74) is -0.264. The lowest BCUT2D eigenvalue weighted by molar-refractivity contribution is -0.142. The number of hydrogen-bond donors (Lipinski definition) is 1. The molecule has 3 heterocycles. The molecule has 0 aromatic heterocycles. The molecule has 0 saturated carbocycles. The molecule has 4 rings (SSSR count). The maximum atomic E-state index is 13.4. The molecule has 1 N–H and O–H groups in total. The predicted molar refractivity (Wildman–Crippen MR) is 127 cm³/mol. The maximum Gasteiger partial charge on any atom is 0.416 e. The molecular weight excluding hydrogens is 511 g/mol. The number of likely N-dealkylation sites (tertiary alicyclic amines) is 1. The van der Waals surface area contributed by atoms with Crippen molar-refractivity contribution < 1.29 is 31.2 Å². The van der Waals surface area contributed by atoms with Gasteiger partial charge >= 0.3 is 6.18 Å². The molecule has 3 atom stereocenters. The van der Waals surface area contributed by atoms with Crippen LogP contribution in [0.2, 0.25) is 0 Å². The highest BCUT2D eigenvalue weighted by Gasteiger charge is 2.44. The molecule has 9 nitrogen and oxygen atoms in total. The van der Waals surface area contributed by atoms with E-state index in [4.69, 9.17) is 5.26 Å². The summed E-state index contributed by atoms with van der Waals surface area (Å²) in [6, 6.07) is 5.34.